The summed E-state index contributed by atoms with van der Waals surface area (Å²) in [5, 5.41) is 7.57. The Morgan fingerprint density at radius 1 is 1.26 bits per heavy atom. The van der Waals surface area contributed by atoms with Crippen molar-refractivity contribution in [1.82, 2.24) is 20.3 Å². The third-order valence-corrected chi connectivity index (χ3v) is 5.11. The van der Waals surface area contributed by atoms with Gasteiger partial charge in [-0.05, 0) is 30.4 Å². The molecule has 0 aliphatic carbocycles. The average molecular weight is 364 g/mol. The maximum atomic E-state index is 12.3. The van der Waals surface area contributed by atoms with Gasteiger partial charge in [-0.25, -0.2) is 9.97 Å². The lowest BCUT2D eigenvalue weighted by atomic mass is 10.1. The summed E-state index contributed by atoms with van der Waals surface area (Å²) in [5.74, 6) is 1.77. The lowest BCUT2D eigenvalue weighted by molar-refractivity contribution is 0.569. The fourth-order valence-electron chi connectivity index (χ4n) is 3.69. The van der Waals surface area contributed by atoms with E-state index in [4.69, 9.17) is 0 Å². The molecule has 0 radical (unpaired) electrons. The molecule has 3 N–H and O–H groups in total. The molecule has 2 aromatic heterocycles. The van der Waals surface area contributed by atoms with E-state index in [1.807, 2.05) is 43.4 Å². The highest BCUT2D eigenvalue weighted by Gasteiger charge is 2.25. The monoisotopic (exact) mass is 364 g/mol. The Labute approximate surface area is 157 Å². The van der Waals surface area contributed by atoms with Crippen LogP contribution in [-0.4, -0.2) is 41.1 Å². The van der Waals surface area contributed by atoms with Gasteiger partial charge in [0.15, 0.2) is 0 Å². The third kappa shape index (κ3) is 3.78. The summed E-state index contributed by atoms with van der Waals surface area (Å²) in [6, 6.07) is 12.2. The first-order chi connectivity index (χ1) is 13.2. The second-order valence-electron chi connectivity index (χ2n) is 6.84. The molecule has 0 saturated carbocycles. The molecule has 3 heterocycles. The van der Waals surface area contributed by atoms with Crippen LogP contribution in [0, 0.1) is 0 Å². The minimum atomic E-state index is -0.0288. The first-order valence-electron chi connectivity index (χ1n) is 9.32. The number of rotatable bonds is 6. The molecule has 1 saturated heterocycles. The fourth-order valence-corrected chi connectivity index (χ4v) is 3.69. The molecule has 7 nitrogen and oxygen atoms in total. The fraction of sp³-hybridized carbons (Fsp3) is 0.350. The van der Waals surface area contributed by atoms with Crippen molar-refractivity contribution in [3.05, 3.63) is 58.6 Å². The summed E-state index contributed by atoms with van der Waals surface area (Å²) in [4.78, 5) is 26.2. The van der Waals surface area contributed by atoms with E-state index >= 15 is 0 Å². The number of hydrogen-bond acceptors (Lipinski definition) is 6. The number of aromatic nitrogens is 3. The van der Waals surface area contributed by atoms with Crippen LogP contribution in [0.2, 0.25) is 0 Å². The SMILES string of the molecule is CNc1cc(N2CCCC2CNCc2cc3ccccc3[nH]c2=O)ncn1. The predicted molar refractivity (Wildman–Crippen MR) is 108 cm³/mol. The van der Waals surface area contributed by atoms with E-state index in [2.05, 4.69) is 30.5 Å². The first-order valence-corrected chi connectivity index (χ1v) is 9.32. The highest BCUT2D eigenvalue weighted by Crippen LogP contribution is 2.24. The minimum absolute atomic E-state index is 0.0288. The molecular formula is C20H24N6O. The Bertz CT molecular complexity index is 985. The van der Waals surface area contributed by atoms with Crippen LogP contribution in [0.4, 0.5) is 11.6 Å². The van der Waals surface area contributed by atoms with Gasteiger partial charge in [0.05, 0.1) is 0 Å². The van der Waals surface area contributed by atoms with Crippen molar-refractivity contribution in [3.8, 4) is 0 Å². The van der Waals surface area contributed by atoms with Crippen LogP contribution in [0.3, 0.4) is 0 Å². The Morgan fingerprint density at radius 2 is 2.15 bits per heavy atom. The van der Waals surface area contributed by atoms with Crippen molar-refractivity contribution in [3.63, 3.8) is 0 Å². The second-order valence-corrected chi connectivity index (χ2v) is 6.84. The number of fused-ring (bicyclic) bond motifs is 1. The van der Waals surface area contributed by atoms with Gasteiger partial charge in [-0.2, -0.15) is 0 Å². The molecular weight excluding hydrogens is 340 g/mol. The first kappa shape index (κ1) is 17.5. The number of para-hydroxylation sites is 1. The predicted octanol–water partition coefficient (Wildman–Crippen LogP) is 2.12. The van der Waals surface area contributed by atoms with E-state index in [0.717, 1.165) is 54.0 Å². The van der Waals surface area contributed by atoms with Crippen molar-refractivity contribution in [1.29, 1.82) is 0 Å². The Morgan fingerprint density at radius 3 is 3.04 bits per heavy atom. The molecule has 0 bridgehead atoms. The topological polar surface area (TPSA) is 85.9 Å². The van der Waals surface area contributed by atoms with Crippen molar-refractivity contribution >= 4 is 22.5 Å². The molecule has 4 rings (SSSR count). The molecule has 27 heavy (non-hydrogen) atoms. The van der Waals surface area contributed by atoms with Gasteiger partial charge < -0.3 is 20.5 Å². The highest BCUT2D eigenvalue weighted by atomic mass is 16.1. The van der Waals surface area contributed by atoms with Gasteiger partial charge in [0.2, 0.25) is 0 Å². The number of aromatic amines is 1. The summed E-state index contributed by atoms with van der Waals surface area (Å²) in [7, 11) is 1.86. The van der Waals surface area contributed by atoms with E-state index in [9.17, 15) is 4.79 Å². The Balaban J connectivity index is 1.42. The summed E-state index contributed by atoms with van der Waals surface area (Å²) >= 11 is 0. The van der Waals surface area contributed by atoms with E-state index < -0.39 is 0 Å². The molecule has 1 aliphatic heterocycles. The van der Waals surface area contributed by atoms with E-state index in [1.165, 1.54) is 0 Å². The third-order valence-electron chi connectivity index (χ3n) is 5.11. The summed E-state index contributed by atoms with van der Waals surface area (Å²) in [6.45, 7) is 2.35. The van der Waals surface area contributed by atoms with Gasteiger partial charge in [-0.15, -0.1) is 0 Å². The quantitative estimate of drug-likeness (QED) is 0.621. The zero-order valence-electron chi connectivity index (χ0n) is 15.4. The summed E-state index contributed by atoms with van der Waals surface area (Å²) in [5.41, 5.74) is 1.61. The number of anilines is 2. The number of benzene rings is 1. The molecule has 3 aromatic rings. The van der Waals surface area contributed by atoms with E-state index in [-0.39, 0.29) is 5.56 Å². The van der Waals surface area contributed by atoms with Crippen LogP contribution >= 0.6 is 0 Å². The van der Waals surface area contributed by atoms with Gasteiger partial charge >= 0.3 is 0 Å². The van der Waals surface area contributed by atoms with Crippen molar-refractivity contribution in [2.45, 2.75) is 25.4 Å². The van der Waals surface area contributed by atoms with Gasteiger partial charge in [0.25, 0.3) is 5.56 Å². The zero-order valence-corrected chi connectivity index (χ0v) is 15.4. The van der Waals surface area contributed by atoms with Crippen LogP contribution < -0.4 is 21.1 Å². The maximum absolute atomic E-state index is 12.3. The Kier molecular flexibility index (Phi) is 5.02. The van der Waals surface area contributed by atoms with Crippen LogP contribution in [-0.2, 0) is 6.54 Å². The molecule has 1 fully saturated rings. The molecule has 0 spiro atoms. The summed E-state index contributed by atoms with van der Waals surface area (Å²) in [6.07, 6.45) is 3.85. The van der Waals surface area contributed by atoms with Gasteiger partial charge in [-0.1, -0.05) is 18.2 Å². The number of nitrogens with one attached hydrogen (secondary N) is 3. The van der Waals surface area contributed by atoms with Gasteiger partial charge in [-0.3, -0.25) is 4.79 Å². The van der Waals surface area contributed by atoms with Crippen molar-refractivity contribution < 1.29 is 0 Å². The van der Waals surface area contributed by atoms with Crippen LogP contribution in [0.1, 0.15) is 18.4 Å². The maximum Gasteiger partial charge on any atom is 0.252 e. The second kappa shape index (κ2) is 7.75. The molecule has 1 atom stereocenters. The molecule has 7 heteroatoms. The lowest BCUT2D eigenvalue weighted by Crippen LogP contribution is -2.38. The smallest absolute Gasteiger partial charge is 0.252 e. The van der Waals surface area contributed by atoms with Gasteiger partial charge in [0, 0.05) is 49.9 Å². The van der Waals surface area contributed by atoms with Crippen LogP contribution in [0.5, 0.6) is 0 Å². The summed E-state index contributed by atoms with van der Waals surface area (Å²) < 4.78 is 0. The number of hydrogen-bond donors (Lipinski definition) is 3. The normalized spacial score (nSPS) is 16.8. The average Bonchev–Trinajstić information content (AvgIpc) is 3.17. The standard InChI is InChI=1S/C20H24N6O/c1-21-18-10-19(24-13-23-18)26-8-4-6-16(26)12-22-11-15-9-14-5-2-3-7-17(14)25-20(15)27/h2-3,5,7,9-10,13,16,22H,4,6,8,11-12H2,1H3,(H,25,27)(H,21,23,24). The number of nitrogens with zero attached hydrogens (tertiary/aromatic N) is 3. The molecule has 1 aliphatic rings. The molecule has 0 amide bonds. The molecule has 1 unspecified atom stereocenters. The lowest BCUT2D eigenvalue weighted by Gasteiger charge is -2.26. The van der Waals surface area contributed by atoms with E-state index in [1.54, 1.807) is 6.33 Å². The molecule has 1 aromatic carbocycles. The largest absolute Gasteiger partial charge is 0.373 e. The highest BCUT2D eigenvalue weighted by molar-refractivity contribution is 5.78. The number of H-pyrrole nitrogens is 1. The zero-order chi connectivity index (χ0) is 18.6. The van der Waals surface area contributed by atoms with Crippen molar-refractivity contribution in [2.75, 3.05) is 30.4 Å². The minimum Gasteiger partial charge on any atom is -0.373 e. The van der Waals surface area contributed by atoms with Crippen molar-refractivity contribution in [2.24, 2.45) is 0 Å². The number of pyridine rings is 1. The van der Waals surface area contributed by atoms with Crippen LogP contribution in [0.25, 0.3) is 10.9 Å². The van der Waals surface area contributed by atoms with Gasteiger partial charge in [0.1, 0.15) is 18.0 Å². The Hall–Kier alpha value is -2.93. The molecule has 140 valence electrons. The van der Waals surface area contributed by atoms with E-state index in [0.29, 0.717) is 12.6 Å². The van der Waals surface area contributed by atoms with Crippen LogP contribution in [0.15, 0.2) is 47.5 Å².